The number of nitrogens with one attached hydrogen (secondary N) is 1. The van der Waals surface area contributed by atoms with E-state index in [1.807, 2.05) is 54.2 Å². The maximum absolute atomic E-state index is 12.3. The summed E-state index contributed by atoms with van der Waals surface area (Å²) >= 11 is 1.68. The number of carbonyl (C=O) groups excluding carboxylic acids is 1. The van der Waals surface area contributed by atoms with E-state index in [-0.39, 0.29) is 5.91 Å². The van der Waals surface area contributed by atoms with Crippen LogP contribution in [0.25, 0.3) is 0 Å². The smallest absolute Gasteiger partial charge is 0.251 e. The van der Waals surface area contributed by atoms with E-state index in [0.29, 0.717) is 12.1 Å². The van der Waals surface area contributed by atoms with E-state index in [2.05, 4.69) is 29.4 Å². The van der Waals surface area contributed by atoms with Crippen molar-refractivity contribution in [2.75, 3.05) is 0 Å². The van der Waals surface area contributed by atoms with Crippen LogP contribution < -0.4 is 5.32 Å². The van der Waals surface area contributed by atoms with Gasteiger partial charge in [0, 0.05) is 37.3 Å². The van der Waals surface area contributed by atoms with Crippen molar-refractivity contribution in [2.24, 2.45) is 7.05 Å². The lowest BCUT2D eigenvalue weighted by molar-refractivity contribution is 0.0951. The van der Waals surface area contributed by atoms with Crippen LogP contribution in [0, 0.1) is 6.92 Å². The van der Waals surface area contributed by atoms with Gasteiger partial charge in [-0.3, -0.25) is 4.79 Å². The van der Waals surface area contributed by atoms with E-state index in [1.54, 1.807) is 18.0 Å². The number of carbonyl (C=O) groups is 1. The standard InChI is InChI=1S/C20H21N3OS/c1-15-3-5-16(6-4-15)13-22-19(24)18-9-7-17(8-10-18)14-25-20-21-11-12-23(20)2/h3-12H,13-14H2,1-2H3,(H,22,24). The summed E-state index contributed by atoms with van der Waals surface area (Å²) in [6, 6.07) is 15.9. The van der Waals surface area contributed by atoms with E-state index in [0.717, 1.165) is 16.5 Å². The predicted molar refractivity (Wildman–Crippen MR) is 102 cm³/mol. The van der Waals surface area contributed by atoms with Crippen LogP contribution in [-0.4, -0.2) is 15.5 Å². The van der Waals surface area contributed by atoms with Gasteiger partial charge in [0.05, 0.1) is 0 Å². The molecule has 0 unspecified atom stereocenters. The van der Waals surface area contributed by atoms with Crippen molar-refractivity contribution < 1.29 is 4.79 Å². The maximum Gasteiger partial charge on any atom is 0.251 e. The number of imidazole rings is 1. The molecular formula is C20H21N3OS. The van der Waals surface area contributed by atoms with E-state index in [4.69, 9.17) is 0 Å². The average Bonchev–Trinajstić information content (AvgIpc) is 3.04. The first-order valence-electron chi connectivity index (χ1n) is 8.14. The highest BCUT2D eigenvalue weighted by molar-refractivity contribution is 7.98. The Hall–Kier alpha value is -2.53. The fourth-order valence-corrected chi connectivity index (χ4v) is 3.27. The second-order valence-corrected chi connectivity index (χ2v) is 6.92. The van der Waals surface area contributed by atoms with Gasteiger partial charge in [0.25, 0.3) is 5.91 Å². The summed E-state index contributed by atoms with van der Waals surface area (Å²) in [4.78, 5) is 16.6. The van der Waals surface area contributed by atoms with Gasteiger partial charge in [-0.25, -0.2) is 4.98 Å². The Morgan fingerprint density at radius 3 is 2.40 bits per heavy atom. The van der Waals surface area contributed by atoms with Crippen molar-refractivity contribution in [2.45, 2.75) is 24.4 Å². The van der Waals surface area contributed by atoms with Crippen LogP contribution in [0.3, 0.4) is 0 Å². The van der Waals surface area contributed by atoms with Gasteiger partial charge >= 0.3 is 0 Å². The highest BCUT2D eigenvalue weighted by Crippen LogP contribution is 2.20. The Kier molecular flexibility index (Phi) is 5.56. The van der Waals surface area contributed by atoms with Gasteiger partial charge in [-0.1, -0.05) is 53.7 Å². The zero-order valence-electron chi connectivity index (χ0n) is 14.4. The van der Waals surface area contributed by atoms with Crippen molar-refractivity contribution in [1.29, 1.82) is 0 Å². The molecule has 0 atom stereocenters. The zero-order chi connectivity index (χ0) is 17.6. The molecule has 128 valence electrons. The average molecular weight is 351 g/mol. The van der Waals surface area contributed by atoms with Gasteiger partial charge in [0.15, 0.2) is 5.16 Å². The summed E-state index contributed by atoms with van der Waals surface area (Å²) in [6.45, 7) is 2.59. The van der Waals surface area contributed by atoms with Crippen LogP contribution in [0.4, 0.5) is 0 Å². The van der Waals surface area contributed by atoms with Crippen molar-refractivity contribution in [1.82, 2.24) is 14.9 Å². The fraction of sp³-hybridized carbons (Fsp3) is 0.200. The molecule has 0 saturated heterocycles. The first kappa shape index (κ1) is 17.3. The first-order valence-corrected chi connectivity index (χ1v) is 9.13. The molecule has 3 rings (SSSR count). The number of hydrogen-bond donors (Lipinski definition) is 1. The molecule has 0 aliphatic heterocycles. The van der Waals surface area contributed by atoms with Crippen molar-refractivity contribution in [3.05, 3.63) is 83.2 Å². The van der Waals surface area contributed by atoms with Crippen molar-refractivity contribution in [3.63, 3.8) is 0 Å². The number of hydrogen-bond acceptors (Lipinski definition) is 3. The molecular weight excluding hydrogens is 330 g/mol. The Morgan fingerprint density at radius 2 is 1.76 bits per heavy atom. The molecule has 4 nitrogen and oxygen atoms in total. The molecule has 25 heavy (non-hydrogen) atoms. The summed E-state index contributed by atoms with van der Waals surface area (Å²) in [5.74, 6) is 0.778. The van der Waals surface area contributed by atoms with Crippen molar-refractivity contribution in [3.8, 4) is 0 Å². The van der Waals surface area contributed by atoms with Crippen LogP contribution in [0.5, 0.6) is 0 Å². The normalized spacial score (nSPS) is 10.6. The molecule has 1 N–H and O–H groups in total. The highest BCUT2D eigenvalue weighted by Gasteiger charge is 2.06. The lowest BCUT2D eigenvalue weighted by Crippen LogP contribution is -2.22. The van der Waals surface area contributed by atoms with Crippen LogP contribution in [0.15, 0.2) is 66.1 Å². The van der Waals surface area contributed by atoms with Gasteiger partial charge in [0.2, 0.25) is 0 Å². The molecule has 0 radical (unpaired) electrons. The van der Waals surface area contributed by atoms with Gasteiger partial charge < -0.3 is 9.88 Å². The summed E-state index contributed by atoms with van der Waals surface area (Å²) in [5.41, 5.74) is 4.16. The Bertz CT molecular complexity index is 838. The molecule has 1 heterocycles. The molecule has 2 aromatic carbocycles. The number of rotatable bonds is 6. The molecule has 0 bridgehead atoms. The van der Waals surface area contributed by atoms with Crippen LogP contribution in [0.1, 0.15) is 27.0 Å². The molecule has 1 aromatic heterocycles. The molecule has 1 amide bonds. The van der Waals surface area contributed by atoms with Gasteiger partial charge in [-0.05, 0) is 30.2 Å². The lowest BCUT2D eigenvalue weighted by atomic mass is 10.1. The van der Waals surface area contributed by atoms with Crippen LogP contribution in [0.2, 0.25) is 0 Å². The third-order valence-electron chi connectivity index (χ3n) is 3.93. The van der Waals surface area contributed by atoms with E-state index >= 15 is 0 Å². The number of aromatic nitrogens is 2. The van der Waals surface area contributed by atoms with Gasteiger partial charge in [-0.15, -0.1) is 0 Å². The molecule has 0 aliphatic carbocycles. The fourth-order valence-electron chi connectivity index (χ4n) is 2.38. The maximum atomic E-state index is 12.3. The van der Waals surface area contributed by atoms with E-state index < -0.39 is 0 Å². The summed E-state index contributed by atoms with van der Waals surface area (Å²) < 4.78 is 2.00. The largest absolute Gasteiger partial charge is 0.348 e. The molecule has 0 saturated carbocycles. The minimum absolute atomic E-state index is 0.0520. The third kappa shape index (κ3) is 4.73. The summed E-state index contributed by atoms with van der Waals surface area (Å²) in [6.07, 6.45) is 3.73. The minimum atomic E-state index is -0.0520. The molecule has 0 spiro atoms. The molecule has 0 aliphatic rings. The number of nitrogens with zero attached hydrogens (tertiary/aromatic N) is 2. The molecule has 3 aromatic rings. The second-order valence-electron chi connectivity index (χ2n) is 5.97. The number of amides is 1. The second kappa shape index (κ2) is 8.03. The lowest BCUT2D eigenvalue weighted by Gasteiger charge is -2.07. The van der Waals surface area contributed by atoms with Gasteiger partial charge in [0.1, 0.15) is 0 Å². The summed E-state index contributed by atoms with van der Waals surface area (Å²) in [7, 11) is 1.98. The van der Waals surface area contributed by atoms with Crippen LogP contribution in [-0.2, 0) is 19.3 Å². The molecule has 5 heteroatoms. The molecule has 0 fully saturated rings. The quantitative estimate of drug-likeness (QED) is 0.684. The SMILES string of the molecule is Cc1ccc(CNC(=O)c2ccc(CSc3nccn3C)cc2)cc1. The van der Waals surface area contributed by atoms with E-state index in [9.17, 15) is 4.79 Å². The monoisotopic (exact) mass is 351 g/mol. The number of benzene rings is 2. The van der Waals surface area contributed by atoms with E-state index in [1.165, 1.54) is 11.1 Å². The topological polar surface area (TPSA) is 46.9 Å². The van der Waals surface area contributed by atoms with Crippen LogP contribution >= 0.6 is 11.8 Å². The Balaban J connectivity index is 1.53. The Morgan fingerprint density at radius 1 is 1.08 bits per heavy atom. The third-order valence-corrected chi connectivity index (χ3v) is 5.06. The zero-order valence-corrected chi connectivity index (χ0v) is 15.2. The van der Waals surface area contributed by atoms with Gasteiger partial charge in [-0.2, -0.15) is 0 Å². The minimum Gasteiger partial charge on any atom is -0.348 e. The first-order chi connectivity index (χ1) is 12.1. The predicted octanol–water partition coefficient (Wildman–Crippen LogP) is 3.95. The number of aryl methyl sites for hydroxylation is 2. The van der Waals surface area contributed by atoms with Crippen molar-refractivity contribution >= 4 is 17.7 Å². The Labute approximate surface area is 152 Å². The highest BCUT2D eigenvalue weighted by atomic mass is 32.2. The number of thioether (sulfide) groups is 1. The summed E-state index contributed by atoms with van der Waals surface area (Å²) in [5, 5.41) is 3.94.